The van der Waals surface area contributed by atoms with Crippen LogP contribution in [0.2, 0.25) is 0 Å². The van der Waals surface area contributed by atoms with E-state index in [1.165, 1.54) is 24.1 Å². The second-order valence-electron chi connectivity index (χ2n) is 6.71. The molecular weight excluding hydrogens is 242 g/mol. The molecule has 4 rings (SSSR count). The average molecular weight is 263 g/mol. The Hall–Kier alpha value is -1.60. The minimum Gasteiger partial charge on any atom is -0.291 e. The number of benzene rings is 2. The van der Waals surface area contributed by atoms with Gasteiger partial charge in [0, 0.05) is 19.1 Å². The van der Waals surface area contributed by atoms with E-state index in [1.807, 2.05) is 0 Å². The van der Waals surface area contributed by atoms with E-state index in [9.17, 15) is 0 Å². The van der Waals surface area contributed by atoms with Gasteiger partial charge >= 0.3 is 0 Å². The van der Waals surface area contributed by atoms with Gasteiger partial charge in [0.1, 0.15) is 0 Å². The van der Waals surface area contributed by atoms with Crippen molar-refractivity contribution in [2.24, 2.45) is 11.3 Å². The van der Waals surface area contributed by atoms with Crippen LogP contribution in [-0.2, 0) is 6.54 Å². The van der Waals surface area contributed by atoms with Gasteiger partial charge in [0.05, 0.1) is 0 Å². The van der Waals surface area contributed by atoms with Crippen molar-refractivity contribution >= 4 is 0 Å². The van der Waals surface area contributed by atoms with E-state index in [4.69, 9.17) is 0 Å². The van der Waals surface area contributed by atoms with E-state index in [0.717, 1.165) is 12.5 Å². The van der Waals surface area contributed by atoms with Crippen LogP contribution in [0.25, 0.3) is 0 Å². The maximum Gasteiger partial charge on any atom is 0.0385 e. The summed E-state index contributed by atoms with van der Waals surface area (Å²) >= 11 is 0. The van der Waals surface area contributed by atoms with Crippen LogP contribution >= 0.6 is 0 Å². The molecule has 1 nitrogen and oxygen atoms in total. The Kier molecular flexibility index (Phi) is 2.71. The Bertz CT molecular complexity index is 592. The van der Waals surface area contributed by atoms with Crippen LogP contribution in [0.3, 0.4) is 0 Å². The van der Waals surface area contributed by atoms with E-state index >= 15 is 0 Å². The van der Waals surface area contributed by atoms with Crippen molar-refractivity contribution in [3.05, 3.63) is 71.8 Å². The Balaban J connectivity index is 1.62. The molecule has 2 fully saturated rings. The average Bonchev–Trinajstić information content (AvgIpc) is 3.04. The molecule has 2 aliphatic rings. The van der Waals surface area contributed by atoms with Gasteiger partial charge in [0.2, 0.25) is 0 Å². The molecule has 20 heavy (non-hydrogen) atoms. The minimum absolute atomic E-state index is 0.565. The Morgan fingerprint density at radius 1 is 1.00 bits per heavy atom. The third kappa shape index (κ3) is 1.97. The number of hydrogen-bond donors (Lipinski definition) is 0. The summed E-state index contributed by atoms with van der Waals surface area (Å²) in [5, 5.41) is 0. The van der Waals surface area contributed by atoms with Gasteiger partial charge in [-0.1, -0.05) is 67.6 Å². The molecule has 1 heteroatoms. The summed E-state index contributed by atoms with van der Waals surface area (Å²) in [5.41, 5.74) is 3.49. The molecule has 0 aromatic heterocycles. The molecule has 1 aliphatic carbocycles. The van der Waals surface area contributed by atoms with Gasteiger partial charge in [0.15, 0.2) is 0 Å². The van der Waals surface area contributed by atoms with Crippen molar-refractivity contribution in [3.63, 3.8) is 0 Å². The van der Waals surface area contributed by atoms with Crippen molar-refractivity contribution in [2.75, 3.05) is 6.54 Å². The molecule has 1 saturated heterocycles. The van der Waals surface area contributed by atoms with Crippen molar-refractivity contribution in [1.29, 1.82) is 0 Å². The third-order valence-electron chi connectivity index (χ3n) is 5.13. The molecule has 1 heterocycles. The third-order valence-corrected chi connectivity index (χ3v) is 5.13. The lowest BCUT2D eigenvalue weighted by atomic mass is 10.0. The highest BCUT2D eigenvalue weighted by Gasteiger charge is 2.61. The van der Waals surface area contributed by atoms with Gasteiger partial charge in [0.25, 0.3) is 0 Å². The molecule has 0 amide bonds. The lowest BCUT2D eigenvalue weighted by Crippen LogP contribution is -2.27. The summed E-state index contributed by atoms with van der Waals surface area (Å²) in [6, 6.07) is 22.6. The fourth-order valence-electron chi connectivity index (χ4n) is 4.00. The summed E-state index contributed by atoms with van der Waals surface area (Å²) in [4.78, 5) is 2.68. The van der Waals surface area contributed by atoms with Gasteiger partial charge in [-0.15, -0.1) is 0 Å². The summed E-state index contributed by atoms with van der Waals surface area (Å²) in [6.07, 6.45) is 1.40. The fourth-order valence-corrected chi connectivity index (χ4v) is 4.00. The Labute approximate surface area is 121 Å². The lowest BCUT2D eigenvalue weighted by Gasteiger charge is -2.28. The van der Waals surface area contributed by atoms with E-state index in [0.29, 0.717) is 11.5 Å². The van der Waals surface area contributed by atoms with Crippen LogP contribution in [0.15, 0.2) is 60.7 Å². The summed E-state index contributed by atoms with van der Waals surface area (Å²) < 4.78 is 0. The standard InChI is InChI=1S/C19H21N/c1-19-12-17(19)18(16-10-6-3-7-11-16)20(14-19)13-15-8-4-2-5-9-15/h2-11,17-18H,12-14H2,1H3/t17-,18+,19+/m0/s1. The summed E-state index contributed by atoms with van der Waals surface area (Å²) in [5.74, 6) is 0.855. The Morgan fingerprint density at radius 2 is 1.65 bits per heavy atom. The number of nitrogens with zero attached hydrogens (tertiary/aromatic N) is 1. The monoisotopic (exact) mass is 263 g/mol. The first-order valence-corrected chi connectivity index (χ1v) is 7.59. The predicted molar refractivity (Wildman–Crippen MR) is 82.2 cm³/mol. The van der Waals surface area contributed by atoms with Crippen molar-refractivity contribution < 1.29 is 0 Å². The normalized spacial score (nSPS) is 32.0. The molecule has 1 aliphatic heterocycles. The molecule has 102 valence electrons. The minimum atomic E-state index is 0.565. The number of likely N-dealkylation sites (tertiary alicyclic amines) is 1. The highest BCUT2D eigenvalue weighted by Crippen LogP contribution is 2.65. The molecule has 1 saturated carbocycles. The second-order valence-corrected chi connectivity index (χ2v) is 6.71. The Morgan fingerprint density at radius 3 is 2.35 bits per heavy atom. The summed E-state index contributed by atoms with van der Waals surface area (Å²) in [7, 11) is 0. The van der Waals surface area contributed by atoms with E-state index in [1.54, 1.807) is 0 Å². The number of fused-ring (bicyclic) bond motifs is 1. The van der Waals surface area contributed by atoms with Gasteiger partial charge in [-0.05, 0) is 28.9 Å². The zero-order chi connectivity index (χ0) is 13.6. The number of rotatable bonds is 3. The topological polar surface area (TPSA) is 3.24 Å². The van der Waals surface area contributed by atoms with Gasteiger partial charge in [-0.2, -0.15) is 0 Å². The first-order chi connectivity index (χ1) is 9.76. The van der Waals surface area contributed by atoms with Crippen molar-refractivity contribution in [2.45, 2.75) is 25.9 Å². The van der Waals surface area contributed by atoms with Crippen LogP contribution in [0, 0.1) is 11.3 Å². The zero-order valence-electron chi connectivity index (χ0n) is 12.0. The smallest absolute Gasteiger partial charge is 0.0385 e. The van der Waals surface area contributed by atoms with Crippen LogP contribution in [0.4, 0.5) is 0 Å². The van der Waals surface area contributed by atoms with E-state index in [2.05, 4.69) is 72.5 Å². The van der Waals surface area contributed by atoms with E-state index in [-0.39, 0.29) is 0 Å². The number of hydrogen-bond acceptors (Lipinski definition) is 1. The molecule has 3 atom stereocenters. The largest absolute Gasteiger partial charge is 0.291 e. The highest BCUT2D eigenvalue weighted by molar-refractivity contribution is 5.28. The molecular formula is C19H21N. The SMILES string of the molecule is C[C@]12C[C@H]1[C@@H](c1ccccc1)N(Cc1ccccc1)C2. The van der Waals surface area contributed by atoms with Gasteiger partial charge in [-0.3, -0.25) is 4.90 Å². The van der Waals surface area contributed by atoms with Crippen LogP contribution in [-0.4, -0.2) is 11.4 Å². The van der Waals surface area contributed by atoms with Gasteiger partial charge in [-0.25, -0.2) is 0 Å². The van der Waals surface area contributed by atoms with Crippen LogP contribution in [0.5, 0.6) is 0 Å². The maximum atomic E-state index is 2.68. The lowest BCUT2D eigenvalue weighted by molar-refractivity contribution is 0.205. The number of piperidine rings is 1. The first kappa shape index (κ1) is 12.2. The first-order valence-electron chi connectivity index (χ1n) is 7.59. The fraction of sp³-hybridized carbons (Fsp3) is 0.368. The molecule has 0 radical (unpaired) electrons. The van der Waals surface area contributed by atoms with Crippen molar-refractivity contribution in [1.82, 2.24) is 4.90 Å². The van der Waals surface area contributed by atoms with Crippen LogP contribution < -0.4 is 0 Å². The predicted octanol–water partition coefficient (Wildman–Crippen LogP) is 4.27. The molecule has 2 aromatic carbocycles. The highest BCUT2D eigenvalue weighted by atomic mass is 15.2. The second kappa shape index (κ2) is 4.46. The maximum absolute atomic E-state index is 2.68. The quantitative estimate of drug-likeness (QED) is 0.799. The van der Waals surface area contributed by atoms with Crippen molar-refractivity contribution in [3.8, 4) is 0 Å². The molecule has 0 unspecified atom stereocenters. The van der Waals surface area contributed by atoms with E-state index < -0.39 is 0 Å². The van der Waals surface area contributed by atoms with Gasteiger partial charge < -0.3 is 0 Å². The summed E-state index contributed by atoms with van der Waals surface area (Å²) in [6.45, 7) is 4.78. The molecule has 0 N–H and O–H groups in total. The zero-order valence-corrected chi connectivity index (χ0v) is 12.0. The van der Waals surface area contributed by atoms with Crippen LogP contribution in [0.1, 0.15) is 30.5 Å². The molecule has 0 spiro atoms. The molecule has 2 aromatic rings. The molecule has 0 bridgehead atoms.